The fourth-order valence-electron chi connectivity index (χ4n) is 3.51. The predicted molar refractivity (Wildman–Crippen MR) is 124 cm³/mol. The van der Waals surface area contributed by atoms with E-state index in [0.29, 0.717) is 11.7 Å². The van der Waals surface area contributed by atoms with E-state index in [2.05, 4.69) is 67.2 Å². The molecule has 150 valence electrons. The molecule has 0 saturated carbocycles. The van der Waals surface area contributed by atoms with Crippen molar-refractivity contribution in [3.63, 3.8) is 0 Å². The van der Waals surface area contributed by atoms with Crippen LogP contribution in [0.1, 0.15) is 5.56 Å². The second kappa shape index (κ2) is 9.07. The molecule has 1 aliphatic rings. The molecule has 0 unspecified atom stereocenters. The van der Waals surface area contributed by atoms with Crippen LogP contribution in [0.4, 0.5) is 10.8 Å². The first-order valence-corrected chi connectivity index (χ1v) is 11.3. The summed E-state index contributed by atoms with van der Waals surface area (Å²) in [5.41, 5.74) is 4.51. The highest BCUT2D eigenvalue weighted by Gasteiger charge is 2.20. The summed E-state index contributed by atoms with van der Waals surface area (Å²) in [5, 5.41) is 5.56. The molecule has 1 amide bonds. The highest BCUT2D eigenvalue weighted by molar-refractivity contribution is 9.10. The third-order valence-corrected chi connectivity index (χ3v) is 6.37. The number of benzene rings is 2. The summed E-state index contributed by atoms with van der Waals surface area (Å²) in [6.07, 6.45) is 0. The van der Waals surface area contributed by atoms with Crippen LogP contribution >= 0.6 is 27.3 Å². The van der Waals surface area contributed by atoms with Crippen LogP contribution in [0, 0.1) is 6.92 Å². The number of aromatic nitrogens is 1. The summed E-state index contributed by atoms with van der Waals surface area (Å²) >= 11 is 4.90. The average Bonchev–Trinajstić information content (AvgIpc) is 3.18. The Morgan fingerprint density at radius 3 is 2.55 bits per heavy atom. The van der Waals surface area contributed by atoms with Gasteiger partial charge in [-0.1, -0.05) is 46.3 Å². The Labute approximate surface area is 183 Å². The topological polar surface area (TPSA) is 48.5 Å². The molecule has 5 nitrogen and oxygen atoms in total. The van der Waals surface area contributed by atoms with Crippen LogP contribution < -0.4 is 10.2 Å². The van der Waals surface area contributed by atoms with Crippen LogP contribution in [-0.2, 0) is 4.79 Å². The number of hydrogen-bond acceptors (Lipinski definition) is 5. The van der Waals surface area contributed by atoms with Crippen molar-refractivity contribution in [2.45, 2.75) is 6.92 Å². The number of nitrogens with one attached hydrogen (secondary N) is 1. The largest absolute Gasteiger partial charge is 0.369 e. The number of rotatable bonds is 5. The van der Waals surface area contributed by atoms with Crippen LogP contribution in [0.25, 0.3) is 11.3 Å². The minimum atomic E-state index is -0.00829. The molecule has 0 atom stereocenters. The van der Waals surface area contributed by atoms with Crippen LogP contribution in [0.15, 0.2) is 58.4 Å². The average molecular weight is 471 g/mol. The van der Waals surface area contributed by atoms with Gasteiger partial charge in [-0.2, -0.15) is 0 Å². The number of para-hydroxylation sites is 1. The molecule has 1 N–H and O–H groups in total. The summed E-state index contributed by atoms with van der Waals surface area (Å²) in [6.45, 7) is 6.17. The summed E-state index contributed by atoms with van der Waals surface area (Å²) in [4.78, 5) is 21.6. The Morgan fingerprint density at radius 1 is 1.10 bits per heavy atom. The third-order valence-electron chi connectivity index (χ3n) is 5.09. The molecule has 2 heterocycles. The molecule has 2 aromatic carbocycles. The van der Waals surface area contributed by atoms with Gasteiger partial charge in [0, 0.05) is 47.3 Å². The quantitative estimate of drug-likeness (QED) is 0.589. The Bertz CT molecular complexity index is 980. The van der Waals surface area contributed by atoms with Gasteiger partial charge in [0.1, 0.15) is 0 Å². The molecular weight excluding hydrogens is 448 g/mol. The molecule has 0 spiro atoms. The molecule has 0 aliphatic carbocycles. The second-order valence-electron chi connectivity index (χ2n) is 7.14. The lowest BCUT2D eigenvalue weighted by atomic mass is 10.1. The van der Waals surface area contributed by atoms with E-state index in [0.717, 1.165) is 41.9 Å². The Balaban J connectivity index is 1.29. The van der Waals surface area contributed by atoms with Crippen molar-refractivity contribution in [1.29, 1.82) is 0 Å². The lowest BCUT2D eigenvalue weighted by Gasteiger charge is -2.36. The van der Waals surface area contributed by atoms with Gasteiger partial charge in [-0.3, -0.25) is 9.69 Å². The van der Waals surface area contributed by atoms with Crippen LogP contribution in [0.5, 0.6) is 0 Å². The maximum atomic E-state index is 12.5. The van der Waals surface area contributed by atoms with Crippen molar-refractivity contribution in [2.75, 3.05) is 42.9 Å². The van der Waals surface area contributed by atoms with E-state index in [-0.39, 0.29) is 5.91 Å². The highest BCUT2D eigenvalue weighted by atomic mass is 79.9. The van der Waals surface area contributed by atoms with Gasteiger partial charge < -0.3 is 10.2 Å². The van der Waals surface area contributed by atoms with Gasteiger partial charge in [0.2, 0.25) is 5.91 Å². The molecule has 7 heteroatoms. The minimum absolute atomic E-state index is 0.00829. The van der Waals surface area contributed by atoms with Gasteiger partial charge in [-0.25, -0.2) is 4.98 Å². The van der Waals surface area contributed by atoms with Crippen molar-refractivity contribution in [3.8, 4) is 11.3 Å². The molecule has 1 saturated heterocycles. The molecule has 4 rings (SSSR count). The summed E-state index contributed by atoms with van der Waals surface area (Å²) in [5.74, 6) is -0.00829. The molecule has 29 heavy (non-hydrogen) atoms. The number of piperazine rings is 1. The minimum Gasteiger partial charge on any atom is -0.369 e. The van der Waals surface area contributed by atoms with Crippen molar-refractivity contribution in [1.82, 2.24) is 9.88 Å². The van der Waals surface area contributed by atoms with E-state index in [1.807, 2.05) is 29.6 Å². The van der Waals surface area contributed by atoms with Gasteiger partial charge in [-0.15, -0.1) is 11.3 Å². The van der Waals surface area contributed by atoms with E-state index in [1.54, 1.807) is 0 Å². The first kappa shape index (κ1) is 20.1. The number of hydrogen-bond donors (Lipinski definition) is 1. The normalized spacial score (nSPS) is 14.8. The van der Waals surface area contributed by atoms with Gasteiger partial charge >= 0.3 is 0 Å². The molecule has 1 aliphatic heterocycles. The number of halogens is 1. The predicted octanol–water partition coefficient (Wildman–Crippen LogP) is 4.64. The maximum absolute atomic E-state index is 12.5. The molecule has 0 bridgehead atoms. The third kappa shape index (κ3) is 5.04. The lowest BCUT2D eigenvalue weighted by Crippen LogP contribution is -2.48. The smallest absolute Gasteiger partial charge is 0.240 e. The van der Waals surface area contributed by atoms with Crippen LogP contribution in [0.2, 0.25) is 0 Å². The fraction of sp³-hybridized carbons (Fsp3) is 0.273. The number of carbonyl (C=O) groups excluding carboxylic acids is 1. The summed E-state index contributed by atoms with van der Waals surface area (Å²) < 4.78 is 1.03. The first-order valence-electron chi connectivity index (χ1n) is 9.63. The molecule has 1 aromatic heterocycles. The van der Waals surface area contributed by atoms with E-state index < -0.39 is 0 Å². The van der Waals surface area contributed by atoms with E-state index >= 15 is 0 Å². The monoisotopic (exact) mass is 470 g/mol. The standard InChI is InChI=1S/C22H23BrN4OS/c1-16-4-2-3-5-20(16)27-12-10-26(11-13-27)14-21(28)25-22-24-19(15-29-22)17-6-8-18(23)9-7-17/h2-9,15H,10-14H2,1H3,(H,24,25,28). The van der Waals surface area contributed by atoms with E-state index in [1.165, 1.54) is 22.6 Å². The Kier molecular flexibility index (Phi) is 6.28. The summed E-state index contributed by atoms with van der Waals surface area (Å²) in [6, 6.07) is 16.5. The van der Waals surface area contributed by atoms with Crippen molar-refractivity contribution >= 4 is 44.0 Å². The van der Waals surface area contributed by atoms with Crippen molar-refractivity contribution in [2.24, 2.45) is 0 Å². The van der Waals surface area contributed by atoms with Gasteiger partial charge in [0.15, 0.2) is 5.13 Å². The fourth-order valence-corrected chi connectivity index (χ4v) is 4.51. The van der Waals surface area contributed by atoms with Gasteiger partial charge in [0.05, 0.1) is 12.2 Å². The second-order valence-corrected chi connectivity index (χ2v) is 8.92. The zero-order valence-corrected chi connectivity index (χ0v) is 18.7. The Morgan fingerprint density at radius 2 is 1.83 bits per heavy atom. The number of amides is 1. The van der Waals surface area contributed by atoms with Gasteiger partial charge in [0.25, 0.3) is 0 Å². The zero-order valence-electron chi connectivity index (χ0n) is 16.3. The van der Waals surface area contributed by atoms with Crippen molar-refractivity contribution in [3.05, 3.63) is 63.9 Å². The number of nitrogens with zero attached hydrogens (tertiary/aromatic N) is 3. The lowest BCUT2D eigenvalue weighted by molar-refractivity contribution is -0.117. The zero-order chi connectivity index (χ0) is 20.2. The van der Waals surface area contributed by atoms with Crippen molar-refractivity contribution < 1.29 is 4.79 Å². The summed E-state index contributed by atoms with van der Waals surface area (Å²) in [7, 11) is 0. The number of carbonyl (C=O) groups is 1. The SMILES string of the molecule is Cc1ccccc1N1CCN(CC(=O)Nc2nc(-c3ccc(Br)cc3)cs2)CC1. The molecule has 3 aromatic rings. The molecule has 0 radical (unpaired) electrons. The number of thiazole rings is 1. The molecular formula is C22H23BrN4OS. The van der Waals surface area contributed by atoms with E-state index in [9.17, 15) is 4.79 Å². The Hall–Kier alpha value is -2.22. The van der Waals surface area contributed by atoms with E-state index in [4.69, 9.17) is 0 Å². The van der Waals surface area contributed by atoms with Crippen LogP contribution in [-0.4, -0.2) is 48.5 Å². The number of anilines is 2. The number of aryl methyl sites for hydroxylation is 1. The van der Waals surface area contributed by atoms with Gasteiger partial charge in [-0.05, 0) is 30.7 Å². The van der Waals surface area contributed by atoms with Crippen LogP contribution in [0.3, 0.4) is 0 Å². The molecule has 1 fully saturated rings. The highest BCUT2D eigenvalue weighted by Crippen LogP contribution is 2.26. The maximum Gasteiger partial charge on any atom is 0.240 e. The first-order chi connectivity index (χ1) is 14.1.